The number of rotatable bonds is 0. The van der Waals surface area contributed by atoms with Gasteiger partial charge in [0, 0.05) is 26.2 Å². The first kappa shape index (κ1) is 9.26. The summed E-state index contributed by atoms with van der Waals surface area (Å²) >= 11 is 0. The van der Waals surface area contributed by atoms with Gasteiger partial charge in [-0.15, -0.1) is 0 Å². The molecule has 0 aliphatic carbocycles. The summed E-state index contributed by atoms with van der Waals surface area (Å²) in [7, 11) is 0. The second-order valence-electron chi connectivity index (χ2n) is 0.632. The van der Waals surface area contributed by atoms with Crippen LogP contribution in [0.15, 0.2) is 0 Å². The van der Waals surface area contributed by atoms with Crippen molar-refractivity contribution in [3.63, 3.8) is 0 Å². The van der Waals surface area contributed by atoms with Crippen molar-refractivity contribution in [1.29, 1.82) is 0 Å². The summed E-state index contributed by atoms with van der Waals surface area (Å²) < 4.78 is 0. The molecule has 2 N–H and O–H groups in total. The number of aliphatic hydroxyl groups excluding tert-OH is 1. The normalized spacial score (nSPS) is 7.20. The van der Waals surface area contributed by atoms with Gasteiger partial charge in [0.2, 0.25) is 0 Å². The summed E-state index contributed by atoms with van der Waals surface area (Å²) in [6, 6.07) is 0. The maximum atomic E-state index is 7.61. The smallest absolute Gasteiger partial charge is 0.148 e. The van der Waals surface area contributed by atoms with E-state index in [9.17, 15) is 0 Å². The molecular weight excluding hydrogens is 265 g/mol. The van der Waals surface area contributed by atoms with Crippen molar-refractivity contribution in [2.45, 2.75) is 13.2 Å². The van der Waals surface area contributed by atoms with Crippen LogP contribution in [0.5, 0.6) is 0 Å². The third-order valence-corrected chi connectivity index (χ3v) is 0. The number of aliphatic hydroxyl groups is 2. The molecule has 3 heteroatoms. The molecule has 0 aromatic heterocycles. The molecule has 0 rings (SSSR count). The zero-order chi connectivity index (χ0) is 3.58. The van der Waals surface area contributed by atoms with E-state index in [1.165, 1.54) is 6.92 Å². The monoisotopic (exact) mass is 271 g/mol. The molecule has 0 aliphatic rings. The van der Waals surface area contributed by atoms with E-state index in [2.05, 4.69) is 0 Å². The van der Waals surface area contributed by atoms with Gasteiger partial charge in [-0.3, -0.25) is 0 Å². The molecule has 0 saturated carbocycles. The van der Waals surface area contributed by atoms with Crippen LogP contribution < -0.4 is 0 Å². The Bertz CT molecular complexity index is 12.4. The summed E-state index contributed by atoms with van der Waals surface area (Å²) in [6.07, 6.45) is -1.17. The Morgan fingerprint density at radius 1 is 1.40 bits per heavy atom. The van der Waals surface area contributed by atoms with Crippen LogP contribution in [-0.2, 0) is 0 Å². The predicted molar refractivity (Wildman–Crippen MR) is 19.7 cm³/mol. The van der Waals surface area contributed by atoms with Gasteiger partial charge in [0.25, 0.3) is 0 Å². The van der Waals surface area contributed by atoms with Crippen molar-refractivity contribution in [3.05, 3.63) is 0 Å². The molecule has 0 atom stereocenters. The van der Waals surface area contributed by atoms with Crippen molar-refractivity contribution >= 4 is 26.2 Å². The third-order valence-electron chi connectivity index (χ3n) is 0. The minimum atomic E-state index is -1.17. The molecule has 0 heterocycles. The van der Waals surface area contributed by atoms with Crippen LogP contribution in [0, 0.1) is 0 Å². The topological polar surface area (TPSA) is 40.5 Å². The molecule has 31 valence electrons. The van der Waals surface area contributed by atoms with Gasteiger partial charge in [0.1, 0.15) is 6.29 Å². The molecule has 0 unspecified atom stereocenters. The molecule has 2 nitrogen and oxygen atoms in total. The maximum absolute atomic E-state index is 7.61. The molecule has 0 aliphatic heterocycles. The fourth-order valence-corrected chi connectivity index (χ4v) is 0. The SMILES string of the molecule is CC(O)O.[Bi]. The van der Waals surface area contributed by atoms with Crippen molar-refractivity contribution in [3.8, 4) is 0 Å². The Morgan fingerprint density at radius 2 is 1.40 bits per heavy atom. The van der Waals surface area contributed by atoms with Gasteiger partial charge in [0.05, 0.1) is 0 Å². The van der Waals surface area contributed by atoms with E-state index in [0.717, 1.165) is 0 Å². The zero-order valence-corrected chi connectivity index (χ0v) is 6.40. The van der Waals surface area contributed by atoms with Gasteiger partial charge in [-0.1, -0.05) is 0 Å². The largest absolute Gasteiger partial charge is 0.368 e. The summed E-state index contributed by atoms with van der Waals surface area (Å²) in [5, 5.41) is 15.2. The van der Waals surface area contributed by atoms with Crippen LogP contribution in [0.4, 0.5) is 0 Å². The van der Waals surface area contributed by atoms with E-state index in [1.54, 1.807) is 0 Å². The van der Waals surface area contributed by atoms with Gasteiger partial charge in [-0.25, -0.2) is 0 Å². The Kier molecular flexibility index (Phi) is 8.89. The quantitative estimate of drug-likeness (QED) is 0.435. The molecule has 3 radical (unpaired) electrons. The van der Waals surface area contributed by atoms with Crippen LogP contribution in [0.1, 0.15) is 6.92 Å². The first-order valence-electron chi connectivity index (χ1n) is 1.09. The molecule has 5 heavy (non-hydrogen) atoms. The van der Waals surface area contributed by atoms with Crippen LogP contribution in [0.25, 0.3) is 0 Å². The molecule has 0 bridgehead atoms. The van der Waals surface area contributed by atoms with Crippen LogP contribution >= 0.6 is 0 Å². The fourth-order valence-electron chi connectivity index (χ4n) is 0. The summed E-state index contributed by atoms with van der Waals surface area (Å²) in [5.41, 5.74) is 0. The summed E-state index contributed by atoms with van der Waals surface area (Å²) in [6.45, 7) is 1.28. The first-order chi connectivity index (χ1) is 1.73. The molecule has 0 saturated heterocycles. The third kappa shape index (κ3) is 58.5. The Labute approximate surface area is 49.9 Å². The van der Waals surface area contributed by atoms with Crippen molar-refractivity contribution in [1.82, 2.24) is 0 Å². The second kappa shape index (κ2) is 4.80. The zero-order valence-electron chi connectivity index (χ0n) is 2.92. The predicted octanol–water partition coefficient (Wildman–Crippen LogP) is -1.06. The summed E-state index contributed by atoms with van der Waals surface area (Å²) in [4.78, 5) is 0. The molecular formula is C2H6BiO2. The Balaban J connectivity index is 0. The van der Waals surface area contributed by atoms with Gasteiger partial charge in [0.15, 0.2) is 0 Å². The first-order valence-corrected chi connectivity index (χ1v) is 1.09. The van der Waals surface area contributed by atoms with Crippen LogP contribution in [0.2, 0.25) is 0 Å². The Hall–Kier alpha value is 0.803. The van der Waals surface area contributed by atoms with Crippen LogP contribution in [-0.4, -0.2) is 42.7 Å². The maximum Gasteiger partial charge on any atom is 0.148 e. The van der Waals surface area contributed by atoms with Gasteiger partial charge < -0.3 is 10.2 Å². The average molecular weight is 271 g/mol. The molecule has 0 aromatic rings. The van der Waals surface area contributed by atoms with Crippen molar-refractivity contribution in [2.24, 2.45) is 0 Å². The molecule has 0 aromatic carbocycles. The fraction of sp³-hybridized carbons (Fsp3) is 1.00. The van der Waals surface area contributed by atoms with Crippen molar-refractivity contribution < 1.29 is 10.2 Å². The standard InChI is InChI=1S/C2H6O2.Bi/c1-2(3)4;/h2-4H,1H3;. The number of hydrogen-bond donors (Lipinski definition) is 2. The second-order valence-corrected chi connectivity index (χ2v) is 0.632. The molecule has 0 amide bonds. The van der Waals surface area contributed by atoms with E-state index >= 15 is 0 Å². The van der Waals surface area contributed by atoms with E-state index < -0.39 is 6.29 Å². The van der Waals surface area contributed by atoms with E-state index in [0.29, 0.717) is 0 Å². The molecule has 0 spiro atoms. The number of hydrogen-bond acceptors (Lipinski definition) is 2. The van der Waals surface area contributed by atoms with Crippen LogP contribution in [0.3, 0.4) is 0 Å². The van der Waals surface area contributed by atoms with Gasteiger partial charge in [-0.05, 0) is 6.92 Å². The average Bonchev–Trinajstić information content (AvgIpc) is 0.811. The molecule has 0 fully saturated rings. The minimum Gasteiger partial charge on any atom is -0.368 e. The van der Waals surface area contributed by atoms with Crippen molar-refractivity contribution in [2.75, 3.05) is 0 Å². The van der Waals surface area contributed by atoms with E-state index in [-0.39, 0.29) is 26.2 Å². The minimum absolute atomic E-state index is 0. The van der Waals surface area contributed by atoms with Gasteiger partial charge in [-0.2, -0.15) is 0 Å². The summed E-state index contributed by atoms with van der Waals surface area (Å²) in [5.74, 6) is 0. The van der Waals surface area contributed by atoms with Gasteiger partial charge >= 0.3 is 0 Å². The van der Waals surface area contributed by atoms with E-state index in [4.69, 9.17) is 10.2 Å². The van der Waals surface area contributed by atoms with E-state index in [1.807, 2.05) is 0 Å². The Morgan fingerprint density at radius 3 is 1.40 bits per heavy atom.